The van der Waals surface area contributed by atoms with E-state index < -0.39 is 6.23 Å². The van der Waals surface area contributed by atoms with Crippen molar-refractivity contribution < 1.29 is 9.90 Å². The summed E-state index contributed by atoms with van der Waals surface area (Å²) in [4.78, 5) is 17.5. The third-order valence-corrected chi connectivity index (χ3v) is 2.82. The molecule has 1 N–H and O–H groups in total. The van der Waals surface area contributed by atoms with Crippen molar-refractivity contribution in [3.8, 4) is 0 Å². The summed E-state index contributed by atoms with van der Waals surface area (Å²) >= 11 is 0. The zero-order valence-corrected chi connectivity index (χ0v) is 8.95. The summed E-state index contributed by atoms with van der Waals surface area (Å²) in [5, 5.41) is 10.1. The Kier molecular flexibility index (Phi) is 2.16. The van der Waals surface area contributed by atoms with Gasteiger partial charge in [-0.2, -0.15) is 0 Å². The number of hydrogen-bond acceptors (Lipinski definition) is 3. The molecule has 1 aromatic heterocycles. The Morgan fingerprint density at radius 1 is 1.12 bits per heavy atom. The van der Waals surface area contributed by atoms with Crippen LogP contribution in [0.25, 0.3) is 0 Å². The predicted octanol–water partition coefficient (Wildman–Crippen LogP) is 1.73. The van der Waals surface area contributed by atoms with E-state index in [0.29, 0.717) is 16.9 Å². The predicted molar refractivity (Wildman–Crippen MR) is 62.4 cm³/mol. The van der Waals surface area contributed by atoms with Crippen molar-refractivity contribution in [2.45, 2.75) is 6.23 Å². The minimum atomic E-state index is -0.950. The highest BCUT2D eigenvalue weighted by molar-refractivity contribution is 6.09. The van der Waals surface area contributed by atoms with Gasteiger partial charge in [-0.1, -0.05) is 24.3 Å². The molecule has 3 rings (SSSR count). The summed E-state index contributed by atoms with van der Waals surface area (Å²) in [7, 11) is 0. The van der Waals surface area contributed by atoms with E-state index in [1.165, 1.54) is 4.90 Å². The standard InChI is InChI=1S/C13H10N2O2/c16-12-10-7-4-8-14-11(10)13(17)15(12)9-5-2-1-3-6-9/h1-8,12,16H/t12-/m0/s1. The Morgan fingerprint density at radius 2 is 1.88 bits per heavy atom. The van der Waals surface area contributed by atoms with E-state index in [2.05, 4.69) is 4.98 Å². The monoisotopic (exact) mass is 226 g/mol. The average molecular weight is 226 g/mol. The van der Waals surface area contributed by atoms with Gasteiger partial charge < -0.3 is 5.11 Å². The molecule has 2 aromatic rings. The van der Waals surface area contributed by atoms with Crippen molar-refractivity contribution in [2.75, 3.05) is 4.90 Å². The first-order chi connectivity index (χ1) is 8.29. The maximum Gasteiger partial charge on any atom is 0.279 e. The molecule has 17 heavy (non-hydrogen) atoms. The highest BCUT2D eigenvalue weighted by Gasteiger charge is 2.37. The number of aliphatic hydroxyl groups excluding tert-OH is 1. The molecule has 0 saturated carbocycles. The molecule has 1 aliphatic rings. The number of nitrogens with zero attached hydrogens (tertiary/aromatic N) is 2. The Hall–Kier alpha value is -2.20. The summed E-state index contributed by atoms with van der Waals surface area (Å²) in [6.07, 6.45) is 0.603. The van der Waals surface area contributed by atoms with Crippen LogP contribution in [0.5, 0.6) is 0 Å². The lowest BCUT2D eigenvalue weighted by Gasteiger charge is -2.20. The van der Waals surface area contributed by atoms with Gasteiger partial charge in [-0.25, -0.2) is 0 Å². The molecule has 1 aliphatic heterocycles. The van der Waals surface area contributed by atoms with E-state index in [4.69, 9.17) is 0 Å². The molecule has 2 heterocycles. The van der Waals surface area contributed by atoms with Crippen LogP contribution in [0.3, 0.4) is 0 Å². The van der Waals surface area contributed by atoms with Crippen LogP contribution in [0.1, 0.15) is 22.3 Å². The fourth-order valence-corrected chi connectivity index (χ4v) is 2.02. The second-order valence-corrected chi connectivity index (χ2v) is 3.83. The first-order valence-electron chi connectivity index (χ1n) is 5.30. The highest BCUT2D eigenvalue weighted by Crippen LogP contribution is 2.34. The van der Waals surface area contributed by atoms with E-state index in [9.17, 15) is 9.90 Å². The van der Waals surface area contributed by atoms with Crippen LogP contribution in [0.15, 0.2) is 48.7 Å². The molecule has 0 fully saturated rings. The van der Waals surface area contributed by atoms with E-state index >= 15 is 0 Å². The van der Waals surface area contributed by atoms with Crippen molar-refractivity contribution in [1.29, 1.82) is 0 Å². The molecule has 1 amide bonds. The smallest absolute Gasteiger partial charge is 0.279 e. The number of aromatic nitrogens is 1. The third kappa shape index (κ3) is 1.42. The molecular formula is C13H10N2O2. The number of carbonyl (C=O) groups is 1. The van der Waals surface area contributed by atoms with Crippen molar-refractivity contribution >= 4 is 11.6 Å². The van der Waals surface area contributed by atoms with Gasteiger partial charge in [-0.3, -0.25) is 14.7 Å². The largest absolute Gasteiger partial charge is 0.369 e. The van der Waals surface area contributed by atoms with Gasteiger partial charge in [0.15, 0.2) is 6.23 Å². The molecule has 1 atom stereocenters. The summed E-state index contributed by atoms with van der Waals surface area (Å²) in [5.41, 5.74) is 1.55. The number of fused-ring (bicyclic) bond motifs is 1. The van der Waals surface area contributed by atoms with Gasteiger partial charge >= 0.3 is 0 Å². The first-order valence-corrected chi connectivity index (χ1v) is 5.30. The van der Waals surface area contributed by atoms with Crippen molar-refractivity contribution in [3.63, 3.8) is 0 Å². The number of aliphatic hydroxyl groups is 1. The number of rotatable bonds is 1. The molecule has 84 valence electrons. The zero-order chi connectivity index (χ0) is 11.8. The van der Waals surface area contributed by atoms with E-state index in [1.54, 1.807) is 30.5 Å². The lowest BCUT2D eigenvalue weighted by molar-refractivity contribution is 0.0932. The molecule has 4 heteroatoms. The minimum Gasteiger partial charge on any atom is -0.369 e. The fraction of sp³-hybridized carbons (Fsp3) is 0.0769. The molecule has 0 unspecified atom stereocenters. The molecule has 4 nitrogen and oxygen atoms in total. The van der Waals surface area contributed by atoms with Gasteiger partial charge in [0.1, 0.15) is 5.69 Å². The summed E-state index contributed by atoms with van der Waals surface area (Å²) in [6.45, 7) is 0. The number of amides is 1. The van der Waals surface area contributed by atoms with Gasteiger partial charge in [-0.05, 0) is 18.2 Å². The Morgan fingerprint density at radius 3 is 2.59 bits per heavy atom. The van der Waals surface area contributed by atoms with E-state index in [1.807, 2.05) is 18.2 Å². The van der Waals surface area contributed by atoms with Gasteiger partial charge in [-0.15, -0.1) is 0 Å². The summed E-state index contributed by atoms with van der Waals surface area (Å²) in [6, 6.07) is 12.5. The van der Waals surface area contributed by atoms with E-state index in [0.717, 1.165) is 0 Å². The molecule has 0 radical (unpaired) electrons. The van der Waals surface area contributed by atoms with Gasteiger partial charge in [0, 0.05) is 17.4 Å². The number of anilines is 1. The molecule has 0 spiro atoms. The van der Waals surface area contributed by atoms with Crippen LogP contribution in [0.2, 0.25) is 0 Å². The maximum atomic E-state index is 12.1. The van der Waals surface area contributed by atoms with Crippen LogP contribution in [0, 0.1) is 0 Å². The van der Waals surface area contributed by atoms with Gasteiger partial charge in [0.05, 0.1) is 0 Å². The second-order valence-electron chi connectivity index (χ2n) is 3.83. The first kappa shape index (κ1) is 9.99. The molecule has 1 aromatic carbocycles. The van der Waals surface area contributed by atoms with Crippen molar-refractivity contribution in [2.24, 2.45) is 0 Å². The number of benzene rings is 1. The van der Waals surface area contributed by atoms with Crippen LogP contribution in [-0.2, 0) is 0 Å². The maximum absolute atomic E-state index is 12.1. The number of para-hydroxylation sites is 1. The molecule has 0 saturated heterocycles. The Balaban J connectivity index is 2.10. The Bertz CT molecular complexity index is 569. The second kappa shape index (κ2) is 3.68. The molecule has 0 aliphatic carbocycles. The number of hydrogen-bond donors (Lipinski definition) is 1. The summed E-state index contributed by atoms with van der Waals surface area (Å²) < 4.78 is 0. The highest BCUT2D eigenvalue weighted by atomic mass is 16.3. The van der Waals surface area contributed by atoms with Crippen LogP contribution < -0.4 is 4.90 Å². The topological polar surface area (TPSA) is 53.4 Å². The van der Waals surface area contributed by atoms with Crippen LogP contribution in [0.4, 0.5) is 5.69 Å². The summed E-state index contributed by atoms with van der Waals surface area (Å²) in [5.74, 6) is -0.265. The number of pyridine rings is 1. The fourth-order valence-electron chi connectivity index (χ4n) is 2.02. The quantitative estimate of drug-likeness (QED) is 0.805. The van der Waals surface area contributed by atoms with Gasteiger partial charge in [0.2, 0.25) is 0 Å². The zero-order valence-electron chi connectivity index (χ0n) is 8.95. The number of carbonyl (C=O) groups excluding carboxylic acids is 1. The Labute approximate surface area is 98.1 Å². The average Bonchev–Trinajstić information content (AvgIpc) is 2.64. The van der Waals surface area contributed by atoms with E-state index in [-0.39, 0.29) is 5.91 Å². The lowest BCUT2D eigenvalue weighted by atomic mass is 10.2. The molecular weight excluding hydrogens is 216 g/mol. The van der Waals surface area contributed by atoms with Gasteiger partial charge in [0.25, 0.3) is 5.91 Å². The van der Waals surface area contributed by atoms with Crippen LogP contribution in [-0.4, -0.2) is 16.0 Å². The minimum absolute atomic E-state index is 0.265. The normalized spacial score (nSPS) is 18.3. The van der Waals surface area contributed by atoms with Crippen molar-refractivity contribution in [1.82, 2.24) is 4.98 Å². The SMILES string of the molecule is O=C1c2ncccc2[C@H](O)N1c1ccccc1. The lowest BCUT2D eigenvalue weighted by Crippen LogP contribution is -2.27. The molecule has 0 bridgehead atoms. The van der Waals surface area contributed by atoms with Crippen LogP contribution >= 0.6 is 0 Å². The van der Waals surface area contributed by atoms with Crippen molar-refractivity contribution in [3.05, 3.63) is 59.9 Å². The third-order valence-electron chi connectivity index (χ3n) is 2.82.